The van der Waals surface area contributed by atoms with Crippen LogP contribution in [0.5, 0.6) is 0 Å². The molecule has 2 aromatic rings. The smallest absolute Gasteiger partial charge is 0.311 e. The van der Waals surface area contributed by atoms with Crippen molar-refractivity contribution in [3.8, 4) is 0 Å². The van der Waals surface area contributed by atoms with Gasteiger partial charge in [-0.25, -0.2) is 0 Å². The third-order valence-electron chi connectivity index (χ3n) is 5.33. The molecule has 1 aliphatic carbocycles. The molecule has 0 radical (unpaired) electrons. The molecule has 0 saturated heterocycles. The Balaban J connectivity index is 1.93. The van der Waals surface area contributed by atoms with Crippen molar-refractivity contribution >= 4 is 24.7 Å². The van der Waals surface area contributed by atoms with Gasteiger partial charge in [-0.15, -0.1) is 0 Å². The number of ether oxygens (including phenoxy) is 1. The van der Waals surface area contributed by atoms with Gasteiger partial charge in [0, 0.05) is 0 Å². The maximum Gasteiger partial charge on any atom is 0.311 e. The minimum Gasteiger partial charge on any atom is -0.439 e. The van der Waals surface area contributed by atoms with Crippen molar-refractivity contribution in [3.05, 3.63) is 60.7 Å². The van der Waals surface area contributed by atoms with Crippen LogP contribution < -0.4 is 10.4 Å². The zero-order valence-electron chi connectivity index (χ0n) is 15.9. The zero-order valence-corrected chi connectivity index (χ0v) is 16.9. The number of carbonyl (C=O) groups is 1. The van der Waals surface area contributed by atoms with Crippen LogP contribution in [0.25, 0.3) is 0 Å². The average Bonchev–Trinajstić information content (AvgIpc) is 2.58. The monoisotopic (exact) mass is 368 g/mol. The van der Waals surface area contributed by atoms with Crippen molar-refractivity contribution in [2.45, 2.75) is 45.1 Å². The largest absolute Gasteiger partial charge is 0.439 e. The van der Waals surface area contributed by atoms with E-state index in [2.05, 4.69) is 69.3 Å². The molecule has 138 valence electrons. The molecule has 0 atom stereocenters. The maximum absolute atomic E-state index is 12.1. The number of benzene rings is 2. The van der Waals surface area contributed by atoms with Crippen molar-refractivity contribution in [2.75, 3.05) is 6.79 Å². The predicted molar refractivity (Wildman–Crippen MR) is 107 cm³/mol. The third kappa shape index (κ3) is 3.62. The van der Waals surface area contributed by atoms with Crippen molar-refractivity contribution < 1.29 is 14.0 Å². The molecular weight excluding hydrogens is 340 g/mol. The van der Waals surface area contributed by atoms with Gasteiger partial charge in [-0.2, -0.15) is 0 Å². The summed E-state index contributed by atoms with van der Waals surface area (Å²) >= 11 is 0. The van der Waals surface area contributed by atoms with Gasteiger partial charge in [0.25, 0.3) is 8.32 Å². The van der Waals surface area contributed by atoms with Gasteiger partial charge in [-0.3, -0.25) is 4.79 Å². The van der Waals surface area contributed by atoms with Crippen LogP contribution in [0.3, 0.4) is 0 Å². The van der Waals surface area contributed by atoms with Gasteiger partial charge in [0.2, 0.25) is 0 Å². The number of carbonyl (C=O) groups excluding carboxylic acids is 1. The Morgan fingerprint density at radius 3 is 1.85 bits per heavy atom. The van der Waals surface area contributed by atoms with E-state index in [1.165, 1.54) is 10.4 Å². The molecule has 1 saturated carbocycles. The number of esters is 1. The van der Waals surface area contributed by atoms with Crippen LogP contribution in [0.2, 0.25) is 5.04 Å². The van der Waals surface area contributed by atoms with E-state index in [1.54, 1.807) is 0 Å². The normalized spacial score (nSPS) is 15.3. The lowest BCUT2D eigenvalue weighted by Gasteiger charge is -2.42. The molecule has 1 fully saturated rings. The highest BCUT2D eigenvalue weighted by Gasteiger charge is 2.50. The van der Waals surface area contributed by atoms with Gasteiger partial charge in [-0.05, 0) is 28.3 Å². The van der Waals surface area contributed by atoms with Crippen LogP contribution in [0.15, 0.2) is 60.7 Å². The molecule has 0 aromatic heterocycles. The van der Waals surface area contributed by atoms with Gasteiger partial charge in [0.05, 0.1) is 5.92 Å². The molecule has 1 aliphatic rings. The highest BCUT2D eigenvalue weighted by atomic mass is 28.4. The first-order chi connectivity index (χ1) is 12.4. The minimum absolute atomic E-state index is 0.0165. The van der Waals surface area contributed by atoms with E-state index in [1.807, 2.05) is 12.1 Å². The topological polar surface area (TPSA) is 35.5 Å². The molecule has 0 unspecified atom stereocenters. The summed E-state index contributed by atoms with van der Waals surface area (Å²) in [5, 5.41) is 2.27. The Morgan fingerprint density at radius 1 is 0.962 bits per heavy atom. The van der Waals surface area contributed by atoms with Crippen molar-refractivity contribution in [1.29, 1.82) is 0 Å². The lowest BCUT2D eigenvalue weighted by Crippen LogP contribution is -2.66. The van der Waals surface area contributed by atoms with E-state index in [-0.39, 0.29) is 23.7 Å². The van der Waals surface area contributed by atoms with Crippen LogP contribution in [-0.4, -0.2) is 21.1 Å². The molecule has 0 amide bonds. The molecule has 0 aliphatic heterocycles. The van der Waals surface area contributed by atoms with Gasteiger partial charge in [0.15, 0.2) is 6.79 Å². The molecular formula is C22H28O3Si. The highest BCUT2D eigenvalue weighted by molar-refractivity contribution is 6.99. The summed E-state index contributed by atoms with van der Waals surface area (Å²) in [5.74, 6) is -0.0491. The number of hydrogen-bond acceptors (Lipinski definition) is 3. The Labute approximate surface area is 157 Å². The van der Waals surface area contributed by atoms with Crippen molar-refractivity contribution in [2.24, 2.45) is 5.92 Å². The molecule has 0 heterocycles. The lowest BCUT2D eigenvalue weighted by atomic mass is 9.86. The van der Waals surface area contributed by atoms with E-state index in [9.17, 15) is 4.79 Å². The van der Waals surface area contributed by atoms with Crippen LogP contribution in [0, 0.1) is 5.92 Å². The minimum atomic E-state index is -2.62. The van der Waals surface area contributed by atoms with Gasteiger partial charge in [0.1, 0.15) is 0 Å². The van der Waals surface area contributed by atoms with E-state index in [0.717, 1.165) is 19.3 Å². The molecule has 0 bridgehead atoms. The second-order valence-corrected chi connectivity index (χ2v) is 12.3. The molecule has 3 rings (SSSR count). The second-order valence-electron chi connectivity index (χ2n) is 8.02. The number of hydrogen-bond donors (Lipinski definition) is 0. The Kier molecular flexibility index (Phi) is 5.63. The van der Waals surface area contributed by atoms with E-state index < -0.39 is 8.32 Å². The average molecular weight is 369 g/mol. The fraction of sp³-hybridized carbons (Fsp3) is 0.409. The van der Waals surface area contributed by atoms with Crippen LogP contribution in [0.4, 0.5) is 0 Å². The summed E-state index contributed by atoms with van der Waals surface area (Å²) < 4.78 is 12.1. The fourth-order valence-corrected chi connectivity index (χ4v) is 8.09. The Morgan fingerprint density at radius 2 is 1.46 bits per heavy atom. The zero-order chi connectivity index (χ0) is 18.6. The first kappa shape index (κ1) is 18.9. The molecule has 0 spiro atoms. The summed E-state index contributed by atoms with van der Waals surface area (Å²) in [6.45, 7) is 6.66. The SMILES string of the molecule is CC(C)(C)[Si](OCOC(=O)C1CCC1)(c1ccccc1)c1ccccc1. The van der Waals surface area contributed by atoms with Crippen LogP contribution in [0.1, 0.15) is 40.0 Å². The first-order valence-electron chi connectivity index (χ1n) is 9.37. The van der Waals surface area contributed by atoms with Gasteiger partial charge < -0.3 is 9.16 Å². The molecule has 26 heavy (non-hydrogen) atoms. The standard InChI is InChI=1S/C22H28O3Si/c1-22(2,3)26(19-13-6-4-7-14-19,20-15-8-5-9-16-20)25-17-24-21(23)18-11-10-12-18/h4-9,13-16,18H,10-12,17H2,1-3H3. The predicted octanol–water partition coefficient (Wildman–Crippen LogP) is 3.86. The van der Waals surface area contributed by atoms with E-state index in [4.69, 9.17) is 9.16 Å². The number of rotatable bonds is 6. The maximum atomic E-state index is 12.1. The van der Waals surface area contributed by atoms with Gasteiger partial charge >= 0.3 is 5.97 Å². The van der Waals surface area contributed by atoms with Crippen LogP contribution in [-0.2, 0) is 14.0 Å². The second kappa shape index (κ2) is 7.76. The highest BCUT2D eigenvalue weighted by Crippen LogP contribution is 2.37. The van der Waals surface area contributed by atoms with E-state index in [0.29, 0.717) is 0 Å². The molecule has 0 N–H and O–H groups in total. The van der Waals surface area contributed by atoms with Gasteiger partial charge in [-0.1, -0.05) is 87.9 Å². The summed E-state index contributed by atoms with van der Waals surface area (Å²) in [6, 6.07) is 20.8. The fourth-order valence-electron chi connectivity index (χ4n) is 3.70. The van der Waals surface area contributed by atoms with Crippen molar-refractivity contribution in [3.63, 3.8) is 0 Å². The summed E-state index contributed by atoms with van der Waals surface area (Å²) in [7, 11) is -2.62. The summed E-state index contributed by atoms with van der Waals surface area (Å²) in [5.41, 5.74) is 0. The molecule has 2 aromatic carbocycles. The van der Waals surface area contributed by atoms with Crippen molar-refractivity contribution in [1.82, 2.24) is 0 Å². The lowest BCUT2D eigenvalue weighted by molar-refractivity contribution is -0.158. The Hall–Kier alpha value is -1.91. The molecule has 4 heteroatoms. The summed E-state index contributed by atoms with van der Waals surface area (Å²) in [4.78, 5) is 12.1. The molecule has 3 nitrogen and oxygen atoms in total. The van der Waals surface area contributed by atoms with E-state index >= 15 is 0 Å². The first-order valence-corrected chi connectivity index (χ1v) is 11.3. The summed E-state index contributed by atoms with van der Waals surface area (Å²) in [6.07, 6.45) is 3.01. The Bertz CT molecular complexity index is 679. The quantitative estimate of drug-likeness (QED) is 0.441. The van der Waals surface area contributed by atoms with Crippen LogP contribution >= 0.6 is 0 Å². The third-order valence-corrected chi connectivity index (χ3v) is 10.3.